The first-order chi connectivity index (χ1) is 13.1. The predicted molar refractivity (Wildman–Crippen MR) is 104 cm³/mol. The van der Waals surface area contributed by atoms with Gasteiger partial charge < -0.3 is 19.1 Å². The molecule has 1 unspecified atom stereocenters. The topological polar surface area (TPSA) is 33.5 Å². The highest BCUT2D eigenvalue weighted by Gasteiger charge is 2.27. The van der Waals surface area contributed by atoms with Crippen LogP contribution in [0.3, 0.4) is 0 Å². The number of hydrogen-bond donors (Lipinski definition) is 0. The number of aryl methyl sites for hydroxylation is 1. The molecule has 3 aromatic rings. The van der Waals surface area contributed by atoms with Crippen molar-refractivity contribution in [2.24, 2.45) is 0 Å². The van der Waals surface area contributed by atoms with E-state index in [4.69, 9.17) is 9.72 Å². The lowest BCUT2D eigenvalue weighted by molar-refractivity contribution is 0.168. The van der Waals surface area contributed by atoms with E-state index in [1.54, 1.807) is 13.2 Å². The van der Waals surface area contributed by atoms with Crippen molar-refractivity contribution in [2.45, 2.75) is 26.2 Å². The van der Waals surface area contributed by atoms with Gasteiger partial charge >= 0.3 is 0 Å². The lowest BCUT2D eigenvalue weighted by Gasteiger charge is -2.31. The summed E-state index contributed by atoms with van der Waals surface area (Å²) in [5, 5.41) is 0. The Kier molecular flexibility index (Phi) is 4.48. The summed E-state index contributed by atoms with van der Waals surface area (Å²) in [6, 6.07) is 12.9. The van der Waals surface area contributed by atoms with Crippen molar-refractivity contribution in [2.75, 3.05) is 14.2 Å². The Morgan fingerprint density at radius 3 is 2.78 bits per heavy atom. The smallest absolute Gasteiger partial charge is 0.129 e. The first-order valence-electron chi connectivity index (χ1n) is 9.05. The average Bonchev–Trinajstić information content (AvgIpc) is 3.21. The van der Waals surface area contributed by atoms with E-state index in [2.05, 4.69) is 52.9 Å². The molecule has 0 saturated heterocycles. The van der Waals surface area contributed by atoms with Gasteiger partial charge in [0.05, 0.1) is 24.7 Å². The summed E-state index contributed by atoms with van der Waals surface area (Å²) >= 11 is 0. The highest BCUT2D eigenvalue weighted by atomic mass is 19.1. The molecule has 140 valence electrons. The zero-order valence-corrected chi connectivity index (χ0v) is 15.8. The van der Waals surface area contributed by atoms with Crippen LogP contribution in [0.1, 0.15) is 24.5 Å². The minimum absolute atomic E-state index is 0.0574. The summed E-state index contributed by atoms with van der Waals surface area (Å²) in [7, 11) is 3.73. The minimum Gasteiger partial charge on any atom is -0.497 e. The van der Waals surface area contributed by atoms with E-state index < -0.39 is 0 Å². The number of rotatable bonds is 5. The fraction of sp³-hybridized carbons (Fsp3) is 0.286. The SMILES string of the molecule is CCn1c(CN2C=CN(C)C2c2cccc(OC)c2)nc2cc(F)ccc21. The number of benzene rings is 2. The molecule has 5 nitrogen and oxygen atoms in total. The van der Waals surface area contributed by atoms with Gasteiger partial charge in [-0.1, -0.05) is 12.1 Å². The van der Waals surface area contributed by atoms with Crippen LogP contribution in [-0.4, -0.2) is 33.5 Å². The maximum atomic E-state index is 13.6. The number of aromatic nitrogens is 2. The fourth-order valence-electron chi connectivity index (χ4n) is 3.75. The van der Waals surface area contributed by atoms with E-state index in [0.29, 0.717) is 12.1 Å². The van der Waals surface area contributed by atoms with Gasteiger partial charge in [-0.05, 0) is 36.8 Å². The molecule has 0 radical (unpaired) electrons. The Morgan fingerprint density at radius 2 is 2.00 bits per heavy atom. The van der Waals surface area contributed by atoms with Gasteiger partial charge in [-0.3, -0.25) is 0 Å². The second kappa shape index (κ2) is 6.95. The van der Waals surface area contributed by atoms with E-state index in [-0.39, 0.29) is 12.0 Å². The fourth-order valence-corrected chi connectivity index (χ4v) is 3.75. The van der Waals surface area contributed by atoms with Crippen molar-refractivity contribution in [1.82, 2.24) is 19.4 Å². The molecule has 2 heterocycles. The third-order valence-electron chi connectivity index (χ3n) is 5.01. The van der Waals surface area contributed by atoms with Crippen molar-refractivity contribution in [1.29, 1.82) is 0 Å². The van der Waals surface area contributed by atoms with Crippen LogP contribution < -0.4 is 4.74 Å². The molecule has 0 N–H and O–H groups in total. The lowest BCUT2D eigenvalue weighted by Crippen LogP contribution is -2.29. The zero-order chi connectivity index (χ0) is 19.0. The van der Waals surface area contributed by atoms with Crippen LogP contribution in [0.25, 0.3) is 11.0 Å². The monoisotopic (exact) mass is 366 g/mol. The molecule has 1 aliphatic heterocycles. The van der Waals surface area contributed by atoms with Crippen LogP contribution in [-0.2, 0) is 13.1 Å². The largest absolute Gasteiger partial charge is 0.497 e. The van der Waals surface area contributed by atoms with Gasteiger partial charge in [-0.25, -0.2) is 9.37 Å². The number of methoxy groups -OCH3 is 1. The quantitative estimate of drug-likeness (QED) is 0.680. The van der Waals surface area contributed by atoms with Crippen LogP contribution in [0.4, 0.5) is 4.39 Å². The normalized spacial score (nSPS) is 16.5. The Morgan fingerprint density at radius 1 is 1.15 bits per heavy atom. The standard InChI is InChI=1S/C21H23FN4O/c1-4-26-19-9-8-16(22)13-18(19)23-20(26)14-25-11-10-24(2)21(25)15-6-5-7-17(12-15)27-3/h5-13,21H,4,14H2,1-3H3. The van der Waals surface area contributed by atoms with E-state index in [9.17, 15) is 4.39 Å². The van der Waals surface area contributed by atoms with Crippen molar-refractivity contribution in [3.63, 3.8) is 0 Å². The molecular weight excluding hydrogens is 343 g/mol. The Balaban J connectivity index is 1.68. The Labute approximate surface area is 158 Å². The van der Waals surface area contributed by atoms with Gasteiger partial charge in [0.1, 0.15) is 23.6 Å². The van der Waals surface area contributed by atoms with Gasteiger partial charge in [-0.2, -0.15) is 0 Å². The number of imidazole rings is 1. The third-order valence-corrected chi connectivity index (χ3v) is 5.01. The van der Waals surface area contributed by atoms with Crippen molar-refractivity contribution >= 4 is 11.0 Å². The Bertz CT molecular complexity index is 997. The minimum atomic E-state index is -0.259. The molecule has 0 amide bonds. The third kappa shape index (κ3) is 3.12. The van der Waals surface area contributed by atoms with Crippen LogP contribution in [0.5, 0.6) is 5.75 Å². The van der Waals surface area contributed by atoms with Gasteiger partial charge in [-0.15, -0.1) is 0 Å². The average molecular weight is 366 g/mol. The van der Waals surface area contributed by atoms with E-state index >= 15 is 0 Å². The molecule has 27 heavy (non-hydrogen) atoms. The molecule has 1 aliphatic rings. The maximum absolute atomic E-state index is 13.6. The highest BCUT2D eigenvalue weighted by Crippen LogP contribution is 2.33. The lowest BCUT2D eigenvalue weighted by atomic mass is 10.1. The second-order valence-corrected chi connectivity index (χ2v) is 6.69. The second-order valence-electron chi connectivity index (χ2n) is 6.69. The summed E-state index contributed by atoms with van der Waals surface area (Å²) in [5.74, 6) is 1.50. The summed E-state index contributed by atoms with van der Waals surface area (Å²) < 4.78 is 21.1. The van der Waals surface area contributed by atoms with Gasteiger partial charge in [0, 0.05) is 32.1 Å². The van der Waals surface area contributed by atoms with Crippen LogP contribution in [0.2, 0.25) is 0 Å². The summed E-state index contributed by atoms with van der Waals surface area (Å²) in [5.41, 5.74) is 2.80. The van der Waals surface area contributed by atoms with Gasteiger partial charge in [0.15, 0.2) is 0 Å². The number of hydrogen-bond acceptors (Lipinski definition) is 4. The van der Waals surface area contributed by atoms with E-state index in [1.807, 2.05) is 12.1 Å². The molecule has 1 atom stereocenters. The predicted octanol–water partition coefficient (Wildman–Crippen LogP) is 4.12. The van der Waals surface area contributed by atoms with Crippen LogP contribution in [0.15, 0.2) is 54.9 Å². The Hall–Kier alpha value is -3.02. The van der Waals surface area contributed by atoms with E-state index in [0.717, 1.165) is 29.2 Å². The van der Waals surface area contributed by atoms with Crippen molar-refractivity contribution < 1.29 is 9.13 Å². The molecule has 0 spiro atoms. The molecule has 0 saturated carbocycles. The first kappa shape index (κ1) is 17.4. The van der Waals surface area contributed by atoms with Gasteiger partial charge in [0.2, 0.25) is 0 Å². The maximum Gasteiger partial charge on any atom is 0.129 e. The molecule has 0 bridgehead atoms. The summed E-state index contributed by atoms with van der Waals surface area (Å²) in [6.45, 7) is 3.50. The van der Waals surface area contributed by atoms with Gasteiger partial charge in [0.25, 0.3) is 0 Å². The number of nitrogens with zero attached hydrogens (tertiary/aromatic N) is 4. The summed E-state index contributed by atoms with van der Waals surface area (Å²) in [4.78, 5) is 9.09. The molecular formula is C21H23FN4O. The molecule has 0 fully saturated rings. The number of ether oxygens (including phenoxy) is 1. The molecule has 4 rings (SSSR count). The first-order valence-corrected chi connectivity index (χ1v) is 9.05. The molecule has 0 aliphatic carbocycles. The van der Waals surface area contributed by atoms with Crippen molar-refractivity contribution in [3.8, 4) is 5.75 Å². The van der Waals surface area contributed by atoms with Crippen LogP contribution >= 0.6 is 0 Å². The zero-order valence-electron chi connectivity index (χ0n) is 15.8. The summed E-state index contributed by atoms with van der Waals surface area (Å²) in [6.07, 6.45) is 4.19. The van der Waals surface area contributed by atoms with E-state index in [1.165, 1.54) is 12.1 Å². The van der Waals surface area contributed by atoms with Crippen molar-refractivity contribution in [3.05, 3.63) is 72.1 Å². The molecule has 2 aromatic carbocycles. The number of fused-ring (bicyclic) bond motifs is 1. The van der Waals surface area contributed by atoms with Crippen LogP contribution in [0, 0.1) is 5.82 Å². The molecule has 6 heteroatoms. The number of halogens is 1. The molecule has 1 aromatic heterocycles. The highest BCUT2D eigenvalue weighted by molar-refractivity contribution is 5.76.